The predicted molar refractivity (Wildman–Crippen MR) is 125 cm³/mol. The zero-order valence-electron chi connectivity index (χ0n) is 16.8. The number of aromatic nitrogens is 2. The summed E-state index contributed by atoms with van der Waals surface area (Å²) in [6.07, 6.45) is 0. The highest BCUT2D eigenvalue weighted by Crippen LogP contribution is 2.24. The van der Waals surface area contributed by atoms with E-state index in [9.17, 15) is 14.4 Å². The number of nitrogens with two attached hydrogens (primary N) is 1. The average Bonchev–Trinajstić information content (AvgIpc) is 3.23. The van der Waals surface area contributed by atoms with Gasteiger partial charge in [-0.15, -0.1) is 0 Å². The zero-order chi connectivity index (χ0) is 22.7. The molecule has 3 N–H and O–H groups in total. The molecular weight excluding hydrogens is 476 g/mol. The number of amides is 1. The summed E-state index contributed by atoms with van der Waals surface area (Å²) in [5.41, 5.74) is 6.36. The lowest BCUT2D eigenvalue weighted by atomic mass is 10.2. The maximum atomic E-state index is 13.3. The number of anilines is 2. The molecule has 2 aromatic heterocycles. The van der Waals surface area contributed by atoms with Crippen molar-refractivity contribution in [3.63, 3.8) is 0 Å². The molecule has 8 nitrogen and oxygen atoms in total. The fourth-order valence-electron chi connectivity index (χ4n) is 3.34. The number of halogens is 1. The smallest absolute Gasteiger partial charge is 0.330 e. The van der Waals surface area contributed by atoms with Crippen LogP contribution in [-0.2, 0) is 13.1 Å². The molecule has 0 radical (unpaired) electrons. The van der Waals surface area contributed by atoms with Gasteiger partial charge in [0.05, 0.1) is 13.1 Å². The van der Waals surface area contributed by atoms with Crippen LogP contribution in [0, 0.1) is 0 Å². The highest BCUT2D eigenvalue weighted by atomic mass is 79.9. The molecule has 0 aliphatic rings. The van der Waals surface area contributed by atoms with Crippen LogP contribution in [-0.4, -0.2) is 15.5 Å². The summed E-state index contributed by atoms with van der Waals surface area (Å²) >= 11 is 3.18. The molecule has 0 saturated heterocycles. The van der Waals surface area contributed by atoms with Crippen molar-refractivity contribution in [2.45, 2.75) is 13.1 Å². The molecule has 4 aromatic rings. The fraction of sp³-hybridized carbons (Fsp3) is 0.0870. The van der Waals surface area contributed by atoms with E-state index < -0.39 is 17.2 Å². The maximum absolute atomic E-state index is 13.3. The SMILES string of the molecule is Nc1c(N(Cc2ccccc2)C(=O)c2ccc(Br)o2)c(=O)[nH]c(=O)n1Cc1ccccc1. The molecule has 0 aliphatic carbocycles. The van der Waals surface area contributed by atoms with Crippen LogP contribution in [0.3, 0.4) is 0 Å². The molecule has 162 valence electrons. The molecule has 9 heteroatoms. The van der Waals surface area contributed by atoms with E-state index in [0.717, 1.165) is 11.1 Å². The lowest BCUT2D eigenvalue weighted by Gasteiger charge is -2.24. The molecule has 0 saturated carbocycles. The first-order chi connectivity index (χ1) is 15.4. The van der Waals surface area contributed by atoms with Crippen LogP contribution in [0.15, 0.2) is 91.5 Å². The molecule has 0 aliphatic heterocycles. The van der Waals surface area contributed by atoms with E-state index in [2.05, 4.69) is 20.9 Å². The van der Waals surface area contributed by atoms with Crippen molar-refractivity contribution in [3.05, 3.63) is 115 Å². The van der Waals surface area contributed by atoms with Crippen LogP contribution in [0.4, 0.5) is 11.5 Å². The Balaban J connectivity index is 1.84. The van der Waals surface area contributed by atoms with Gasteiger partial charge in [0.15, 0.2) is 16.1 Å². The Morgan fingerprint density at radius 1 is 0.969 bits per heavy atom. The summed E-state index contributed by atoms with van der Waals surface area (Å²) < 4.78 is 7.02. The summed E-state index contributed by atoms with van der Waals surface area (Å²) in [4.78, 5) is 42.2. The monoisotopic (exact) mass is 494 g/mol. The van der Waals surface area contributed by atoms with Crippen LogP contribution < -0.4 is 21.9 Å². The summed E-state index contributed by atoms with van der Waals surface area (Å²) in [7, 11) is 0. The highest BCUT2D eigenvalue weighted by molar-refractivity contribution is 9.10. The first kappa shape index (κ1) is 21.4. The third-order valence-corrected chi connectivity index (χ3v) is 5.31. The minimum absolute atomic E-state index is 0.0208. The molecule has 0 spiro atoms. The van der Waals surface area contributed by atoms with Crippen molar-refractivity contribution in [2.24, 2.45) is 0 Å². The van der Waals surface area contributed by atoms with E-state index in [1.165, 1.54) is 15.5 Å². The number of rotatable bonds is 6. The Morgan fingerprint density at radius 2 is 1.59 bits per heavy atom. The predicted octanol–water partition coefficient (Wildman–Crippen LogP) is 3.37. The molecule has 2 heterocycles. The van der Waals surface area contributed by atoms with E-state index in [-0.39, 0.29) is 30.4 Å². The molecular formula is C23H19BrN4O4. The van der Waals surface area contributed by atoms with Gasteiger partial charge in [-0.1, -0.05) is 60.7 Å². The Hall–Kier alpha value is -3.85. The second-order valence-electron chi connectivity index (χ2n) is 7.05. The molecule has 4 rings (SSSR count). The molecule has 0 fully saturated rings. The van der Waals surface area contributed by atoms with Crippen molar-refractivity contribution in [3.8, 4) is 0 Å². The number of carbonyl (C=O) groups excluding carboxylic acids is 1. The average molecular weight is 495 g/mol. The van der Waals surface area contributed by atoms with E-state index in [0.29, 0.717) is 4.67 Å². The summed E-state index contributed by atoms with van der Waals surface area (Å²) in [6, 6.07) is 21.4. The molecule has 0 bridgehead atoms. The summed E-state index contributed by atoms with van der Waals surface area (Å²) in [6.45, 7) is 0.184. The number of nitrogen functional groups attached to an aromatic ring is 1. The van der Waals surface area contributed by atoms with Crippen molar-refractivity contribution in [1.82, 2.24) is 9.55 Å². The van der Waals surface area contributed by atoms with Gasteiger partial charge in [0, 0.05) is 0 Å². The summed E-state index contributed by atoms with van der Waals surface area (Å²) in [5, 5.41) is 0. The molecule has 0 unspecified atom stereocenters. The van der Waals surface area contributed by atoms with Crippen LogP contribution in [0.5, 0.6) is 0 Å². The number of nitrogens with one attached hydrogen (secondary N) is 1. The minimum atomic E-state index is -0.758. The van der Waals surface area contributed by atoms with Gasteiger partial charge in [-0.3, -0.25) is 24.0 Å². The first-order valence-electron chi connectivity index (χ1n) is 9.71. The Bertz CT molecular complexity index is 1360. The number of nitrogens with zero attached hydrogens (tertiary/aromatic N) is 2. The number of hydrogen-bond acceptors (Lipinski definition) is 5. The summed E-state index contributed by atoms with van der Waals surface area (Å²) in [5.74, 6) is -0.661. The number of carbonyl (C=O) groups is 1. The third-order valence-electron chi connectivity index (χ3n) is 4.88. The molecule has 1 amide bonds. The van der Waals surface area contributed by atoms with Crippen molar-refractivity contribution < 1.29 is 9.21 Å². The van der Waals surface area contributed by atoms with E-state index in [1.807, 2.05) is 60.7 Å². The number of aromatic amines is 1. The topological polar surface area (TPSA) is 114 Å². The van der Waals surface area contributed by atoms with Gasteiger partial charge < -0.3 is 10.2 Å². The number of H-pyrrole nitrogens is 1. The van der Waals surface area contributed by atoms with Gasteiger partial charge in [0.25, 0.3) is 11.5 Å². The second kappa shape index (κ2) is 9.11. The fourth-order valence-corrected chi connectivity index (χ4v) is 3.65. The number of benzene rings is 2. The van der Waals surface area contributed by atoms with Crippen LogP contribution in [0.1, 0.15) is 21.7 Å². The maximum Gasteiger partial charge on any atom is 0.330 e. The van der Waals surface area contributed by atoms with Crippen molar-refractivity contribution >= 4 is 33.3 Å². The second-order valence-corrected chi connectivity index (χ2v) is 7.83. The van der Waals surface area contributed by atoms with Gasteiger partial charge in [0.2, 0.25) is 0 Å². The van der Waals surface area contributed by atoms with Crippen LogP contribution >= 0.6 is 15.9 Å². The Kier molecular flexibility index (Phi) is 6.09. The van der Waals surface area contributed by atoms with Crippen LogP contribution in [0.2, 0.25) is 0 Å². The lowest BCUT2D eigenvalue weighted by molar-refractivity contribution is 0.0957. The van der Waals surface area contributed by atoms with Crippen molar-refractivity contribution in [2.75, 3.05) is 10.6 Å². The Labute approximate surface area is 191 Å². The molecule has 0 atom stereocenters. The molecule has 2 aromatic carbocycles. The minimum Gasteiger partial charge on any atom is -0.444 e. The van der Waals surface area contributed by atoms with E-state index >= 15 is 0 Å². The van der Waals surface area contributed by atoms with E-state index in [4.69, 9.17) is 10.2 Å². The van der Waals surface area contributed by atoms with Crippen molar-refractivity contribution in [1.29, 1.82) is 0 Å². The van der Waals surface area contributed by atoms with Gasteiger partial charge >= 0.3 is 5.69 Å². The van der Waals surface area contributed by atoms with Crippen LogP contribution in [0.25, 0.3) is 0 Å². The lowest BCUT2D eigenvalue weighted by Crippen LogP contribution is -2.41. The highest BCUT2D eigenvalue weighted by Gasteiger charge is 2.27. The zero-order valence-corrected chi connectivity index (χ0v) is 18.4. The van der Waals surface area contributed by atoms with E-state index in [1.54, 1.807) is 6.07 Å². The standard InChI is InChI=1S/C23H19BrN4O4/c24-18-12-11-17(32-18)22(30)27(13-15-7-3-1-4-8-15)19-20(25)28(23(31)26-21(19)29)14-16-9-5-2-6-10-16/h1-12H,13-14,25H2,(H,26,29,31). The third kappa shape index (κ3) is 4.42. The van der Waals surface area contributed by atoms with Gasteiger partial charge in [-0.05, 0) is 39.2 Å². The quantitative estimate of drug-likeness (QED) is 0.426. The number of hydrogen-bond donors (Lipinski definition) is 2. The molecule has 32 heavy (non-hydrogen) atoms. The number of furan rings is 1. The van der Waals surface area contributed by atoms with Gasteiger partial charge in [-0.25, -0.2) is 4.79 Å². The largest absolute Gasteiger partial charge is 0.444 e. The Morgan fingerprint density at radius 3 is 2.19 bits per heavy atom. The van der Waals surface area contributed by atoms with Gasteiger partial charge in [0.1, 0.15) is 5.82 Å². The van der Waals surface area contributed by atoms with Gasteiger partial charge in [-0.2, -0.15) is 0 Å². The first-order valence-corrected chi connectivity index (χ1v) is 10.5. The normalized spacial score (nSPS) is 10.8.